The topological polar surface area (TPSA) is 93.4 Å². The fourth-order valence-electron chi connectivity index (χ4n) is 3.71. The maximum atomic E-state index is 12.3. The first-order valence-corrected chi connectivity index (χ1v) is 10.8. The molecule has 4 rings (SSSR count). The van der Waals surface area contributed by atoms with E-state index in [4.69, 9.17) is 0 Å². The van der Waals surface area contributed by atoms with E-state index in [0.29, 0.717) is 11.5 Å². The Balaban J connectivity index is 1.27. The molecule has 3 aromatic rings. The highest BCUT2D eigenvalue weighted by atomic mass is 16.2. The molecule has 2 aromatic carbocycles. The molecule has 1 fully saturated rings. The van der Waals surface area contributed by atoms with E-state index in [0.717, 1.165) is 49.5 Å². The zero-order valence-electron chi connectivity index (χ0n) is 18.2. The van der Waals surface area contributed by atoms with Crippen molar-refractivity contribution in [1.82, 2.24) is 20.2 Å². The Morgan fingerprint density at radius 1 is 0.969 bits per heavy atom. The minimum Gasteiger partial charge on any atom is -0.370 e. The van der Waals surface area contributed by atoms with Gasteiger partial charge < -0.3 is 25.4 Å². The van der Waals surface area contributed by atoms with Crippen molar-refractivity contribution in [3.05, 3.63) is 66.6 Å². The van der Waals surface area contributed by atoms with E-state index in [2.05, 4.69) is 37.4 Å². The maximum Gasteiger partial charge on any atom is 0.313 e. The van der Waals surface area contributed by atoms with E-state index < -0.39 is 11.8 Å². The Kier molecular flexibility index (Phi) is 6.81. The normalized spacial score (nSPS) is 14.6. The van der Waals surface area contributed by atoms with Crippen LogP contribution in [0.1, 0.15) is 12.2 Å². The molecule has 2 amide bonds. The molecule has 0 bridgehead atoms. The first-order chi connectivity index (χ1) is 15.6. The van der Waals surface area contributed by atoms with Crippen LogP contribution < -0.4 is 15.5 Å². The molecule has 1 aliphatic rings. The average molecular weight is 433 g/mol. The van der Waals surface area contributed by atoms with Crippen LogP contribution in [0, 0.1) is 0 Å². The Morgan fingerprint density at radius 2 is 1.75 bits per heavy atom. The van der Waals surface area contributed by atoms with Crippen LogP contribution in [0.15, 0.2) is 60.8 Å². The second-order valence-corrected chi connectivity index (χ2v) is 7.94. The number of aromatic amines is 1. The molecule has 1 aromatic heterocycles. The van der Waals surface area contributed by atoms with Gasteiger partial charge in [0.15, 0.2) is 0 Å². The maximum absolute atomic E-state index is 12.3. The fraction of sp³-hybridized carbons (Fsp3) is 0.292. The highest BCUT2D eigenvalue weighted by Crippen LogP contribution is 2.19. The van der Waals surface area contributed by atoms with Crippen molar-refractivity contribution in [2.75, 3.05) is 43.4 Å². The smallest absolute Gasteiger partial charge is 0.313 e. The number of aromatic nitrogens is 2. The van der Waals surface area contributed by atoms with Gasteiger partial charge in [-0.05, 0) is 49.8 Å². The third kappa shape index (κ3) is 5.53. The van der Waals surface area contributed by atoms with E-state index in [1.807, 2.05) is 54.6 Å². The number of hydrogen-bond donors (Lipinski definition) is 3. The van der Waals surface area contributed by atoms with Gasteiger partial charge in [0.25, 0.3) is 0 Å². The summed E-state index contributed by atoms with van der Waals surface area (Å²) in [6, 6.07) is 17.4. The molecule has 166 valence electrons. The highest BCUT2D eigenvalue weighted by molar-refractivity contribution is 6.39. The van der Waals surface area contributed by atoms with Crippen LogP contribution in [-0.2, 0) is 16.1 Å². The van der Waals surface area contributed by atoms with Gasteiger partial charge in [-0.3, -0.25) is 9.59 Å². The molecule has 0 unspecified atom stereocenters. The lowest BCUT2D eigenvalue weighted by molar-refractivity contribution is -0.136. The van der Waals surface area contributed by atoms with Crippen molar-refractivity contribution in [1.29, 1.82) is 0 Å². The van der Waals surface area contributed by atoms with Crippen molar-refractivity contribution in [3.63, 3.8) is 0 Å². The number of nitrogens with zero attached hydrogens (tertiary/aromatic N) is 3. The first-order valence-electron chi connectivity index (χ1n) is 10.8. The van der Waals surface area contributed by atoms with E-state index in [9.17, 15) is 9.59 Å². The van der Waals surface area contributed by atoms with E-state index in [1.54, 1.807) is 6.20 Å². The molecular weight excluding hydrogens is 404 g/mol. The molecule has 1 aliphatic heterocycles. The largest absolute Gasteiger partial charge is 0.370 e. The molecular formula is C24H28N6O2. The van der Waals surface area contributed by atoms with Crippen molar-refractivity contribution in [3.8, 4) is 11.3 Å². The summed E-state index contributed by atoms with van der Waals surface area (Å²) >= 11 is 0. The zero-order chi connectivity index (χ0) is 22.3. The lowest BCUT2D eigenvalue weighted by atomic mass is 10.2. The van der Waals surface area contributed by atoms with E-state index in [-0.39, 0.29) is 6.54 Å². The van der Waals surface area contributed by atoms with Crippen molar-refractivity contribution < 1.29 is 9.59 Å². The third-order valence-electron chi connectivity index (χ3n) is 5.55. The Bertz CT molecular complexity index is 1050. The van der Waals surface area contributed by atoms with E-state index >= 15 is 0 Å². The van der Waals surface area contributed by atoms with Gasteiger partial charge in [-0.25, -0.2) is 4.98 Å². The van der Waals surface area contributed by atoms with E-state index in [1.165, 1.54) is 0 Å². The van der Waals surface area contributed by atoms with Crippen LogP contribution in [0.4, 0.5) is 11.4 Å². The summed E-state index contributed by atoms with van der Waals surface area (Å²) in [5, 5.41) is 5.25. The summed E-state index contributed by atoms with van der Waals surface area (Å²) in [7, 11) is 2.14. The Morgan fingerprint density at radius 3 is 2.53 bits per heavy atom. The molecule has 3 N–H and O–H groups in total. The number of imidazole rings is 1. The van der Waals surface area contributed by atoms with Gasteiger partial charge in [-0.1, -0.05) is 30.3 Å². The number of hydrogen-bond acceptors (Lipinski definition) is 5. The molecule has 0 radical (unpaired) electrons. The Hall–Kier alpha value is -3.65. The lowest BCUT2D eigenvalue weighted by Gasteiger charge is -2.23. The zero-order valence-corrected chi connectivity index (χ0v) is 18.2. The minimum atomic E-state index is -0.706. The van der Waals surface area contributed by atoms with Crippen LogP contribution >= 0.6 is 0 Å². The molecule has 0 saturated carbocycles. The fourth-order valence-corrected chi connectivity index (χ4v) is 3.71. The lowest BCUT2D eigenvalue weighted by Crippen LogP contribution is -2.35. The number of benzene rings is 2. The second kappa shape index (κ2) is 10.1. The molecule has 1 saturated heterocycles. The minimum absolute atomic E-state index is 0.140. The molecule has 8 nitrogen and oxygen atoms in total. The van der Waals surface area contributed by atoms with Crippen molar-refractivity contribution >= 4 is 23.2 Å². The summed E-state index contributed by atoms with van der Waals surface area (Å²) in [6.07, 6.45) is 2.83. The van der Waals surface area contributed by atoms with Crippen LogP contribution in [0.5, 0.6) is 0 Å². The molecule has 32 heavy (non-hydrogen) atoms. The summed E-state index contributed by atoms with van der Waals surface area (Å²) in [5.41, 5.74) is 3.57. The van der Waals surface area contributed by atoms with Gasteiger partial charge in [-0.2, -0.15) is 0 Å². The van der Waals surface area contributed by atoms with Crippen LogP contribution in [0.3, 0.4) is 0 Å². The molecule has 0 spiro atoms. The monoisotopic (exact) mass is 432 g/mol. The number of carbonyl (C=O) groups excluding carboxylic acids is 2. The quantitative estimate of drug-likeness (QED) is 0.539. The van der Waals surface area contributed by atoms with Gasteiger partial charge in [0.1, 0.15) is 5.82 Å². The van der Waals surface area contributed by atoms with Crippen molar-refractivity contribution in [2.45, 2.75) is 13.0 Å². The number of rotatable bonds is 5. The number of nitrogens with one attached hydrogen (secondary N) is 3. The van der Waals surface area contributed by atoms with Gasteiger partial charge in [0.2, 0.25) is 0 Å². The van der Waals surface area contributed by atoms with Crippen LogP contribution in [0.25, 0.3) is 11.3 Å². The number of H-pyrrole nitrogens is 1. The van der Waals surface area contributed by atoms with Gasteiger partial charge in [0, 0.05) is 31.0 Å². The third-order valence-corrected chi connectivity index (χ3v) is 5.55. The molecule has 0 aliphatic carbocycles. The SMILES string of the molecule is CN1CCCN(c2ccc(NC(=O)C(=O)NCc3ncc(-c4ccccc4)[nH]3)cc2)CC1. The Labute approximate surface area is 187 Å². The van der Waals surface area contributed by atoms with Gasteiger partial charge in [0.05, 0.1) is 18.4 Å². The van der Waals surface area contributed by atoms with Crippen LogP contribution in [-0.4, -0.2) is 59.9 Å². The molecule has 8 heteroatoms. The summed E-state index contributed by atoms with van der Waals surface area (Å²) in [5.74, 6) is -0.830. The molecule has 2 heterocycles. The highest BCUT2D eigenvalue weighted by Gasteiger charge is 2.16. The summed E-state index contributed by atoms with van der Waals surface area (Å²) in [6.45, 7) is 4.26. The van der Waals surface area contributed by atoms with Gasteiger partial charge in [-0.15, -0.1) is 0 Å². The average Bonchev–Trinajstić information content (AvgIpc) is 3.19. The number of anilines is 2. The first kappa shape index (κ1) is 21.6. The summed E-state index contributed by atoms with van der Waals surface area (Å²) < 4.78 is 0. The van der Waals surface area contributed by atoms with Gasteiger partial charge >= 0.3 is 11.8 Å². The van der Waals surface area contributed by atoms with Crippen molar-refractivity contribution in [2.24, 2.45) is 0 Å². The second-order valence-electron chi connectivity index (χ2n) is 7.94. The number of carbonyl (C=O) groups is 2. The predicted molar refractivity (Wildman–Crippen MR) is 125 cm³/mol. The molecule has 0 atom stereocenters. The standard InChI is InChI=1S/C24H28N6O2/c1-29-12-5-13-30(15-14-29)20-10-8-19(9-11-20)27-24(32)23(31)26-17-22-25-16-21(28-22)18-6-3-2-4-7-18/h2-4,6-11,16H,5,12-15,17H2,1H3,(H,25,28)(H,26,31)(H,27,32). The number of likely N-dealkylation sites (N-methyl/N-ethyl adjacent to an activating group) is 1. The summed E-state index contributed by atoms with van der Waals surface area (Å²) in [4.78, 5) is 36.6. The predicted octanol–water partition coefficient (Wildman–Crippen LogP) is 2.47. The van der Waals surface area contributed by atoms with Crippen LogP contribution in [0.2, 0.25) is 0 Å². The number of amides is 2.